The quantitative estimate of drug-likeness (QED) is 0.783. The molecule has 2 fully saturated rings. The molecule has 3 heterocycles. The summed E-state index contributed by atoms with van der Waals surface area (Å²) in [7, 11) is 0. The van der Waals surface area contributed by atoms with Crippen LogP contribution in [0.25, 0.3) is 0 Å². The molecule has 1 aromatic heterocycles. The fraction of sp³-hybridized carbons (Fsp3) is 0.737. The Bertz CT molecular complexity index is 579. The second-order valence-corrected chi connectivity index (χ2v) is 8.74. The highest BCUT2D eigenvalue weighted by molar-refractivity contribution is 7.80. The molecule has 0 bridgehead atoms. The summed E-state index contributed by atoms with van der Waals surface area (Å²) in [5, 5.41) is 7.05. The second-order valence-electron chi connectivity index (χ2n) is 8.33. The summed E-state index contributed by atoms with van der Waals surface area (Å²) in [5.41, 5.74) is -0.0930. The predicted octanol–water partition coefficient (Wildman–Crippen LogP) is 3.54. The molecule has 0 radical (unpaired) electrons. The Morgan fingerprint density at radius 1 is 0.885 bits per heavy atom. The van der Waals surface area contributed by atoms with Gasteiger partial charge in [-0.05, 0) is 71.5 Å². The molecule has 2 aliphatic heterocycles. The lowest BCUT2D eigenvalue weighted by atomic mass is 10.1. The molecule has 0 unspecified atom stereocenters. The van der Waals surface area contributed by atoms with Gasteiger partial charge in [-0.3, -0.25) is 0 Å². The molecular weight excluding hydrogens is 344 g/mol. The molecule has 26 heavy (non-hydrogen) atoms. The van der Waals surface area contributed by atoms with Crippen molar-refractivity contribution in [2.24, 2.45) is 0 Å². The van der Waals surface area contributed by atoms with Gasteiger partial charge < -0.3 is 20.4 Å². The van der Waals surface area contributed by atoms with Crippen LogP contribution < -0.4 is 20.4 Å². The molecule has 0 atom stereocenters. The van der Waals surface area contributed by atoms with Crippen molar-refractivity contribution >= 4 is 34.9 Å². The zero-order valence-corrected chi connectivity index (χ0v) is 17.2. The number of piperidine rings is 2. The fourth-order valence-corrected chi connectivity index (χ4v) is 3.92. The maximum absolute atomic E-state index is 5.45. The Hall–Kier alpha value is -1.63. The number of aromatic nitrogens is 2. The minimum absolute atomic E-state index is 0.0930. The summed E-state index contributed by atoms with van der Waals surface area (Å²) in [6.07, 6.45) is 7.55. The molecule has 144 valence electrons. The third kappa shape index (κ3) is 5.43. The van der Waals surface area contributed by atoms with Crippen LogP contribution in [0.1, 0.15) is 59.3 Å². The maximum atomic E-state index is 5.45. The van der Waals surface area contributed by atoms with E-state index in [1.54, 1.807) is 0 Å². The number of nitrogens with one attached hydrogen (secondary N) is 2. The summed E-state index contributed by atoms with van der Waals surface area (Å²) in [5.74, 6) is 2.62. The van der Waals surface area contributed by atoms with Crippen molar-refractivity contribution in [1.82, 2.24) is 15.3 Å². The lowest BCUT2D eigenvalue weighted by Crippen LogP contribution is -2.43. The topological polar surface area (TPSA) is 56.3 Å². The molecule has 2 saturated heterocycles. The molecule has 6 nitrogen and oxygen atoms in total. The van der Waals surface area contributed by atoms with Gasteiger partial charge in [0.2, 0.25) is 5.95 Å². The van der Waals surface area contributed by atoms with Crippen LogP contribution >= 0.6 is 12.2 Å². The minimum atomic E-state index is -0.0930. The van der Waals surface area contributed by atoms with E-state index < -0.39 is 0 Å². The van der Waals surface area contributed by atoms with Crippen molar-refractivity contribution in [3.63, 3.8) is 0 Å². The van der Waals surface area contributed by atoms with E-state index in [4.69, 9.17) is 22.2 Å². The molecule has 0 aromatic carbocycles. The average Bonchev–Trinajstić information content (AvgIpc) is 2.61. The van der Waals surface area contributed by atoms with E-state index in [2.05, 4.69) is 47.3 Å². The largest absolute Gasteiger partial charge is 0.358 e. The van der Waals surface area contributed by atoms with Crippen LogP contribution in [0.4, 0.5) is 17.6 Å². The molecule has 1 aromatic rings. The Labute approximate surface area is 162 Å². The van der Waals surface area contributed by atoms with Crippen molar-refractivity contribution in [3.05, 3.63) is 6.07 Å². The van der Waals surface area contributed by atoms with Gasteiger partial charge in [0.15, 0.2) is 5.11 Å². The number of hydrogen-bond donors (Lipinski definition) is 2. The van der Waals surface area contributed by atoms with E-state index in [-0.39, 0.29) is 5.54 Å². The zero-order chi connectivity index (χ0) is 18.6. The van der Waals surface area contributed by atoms with E-state index in [9.17, 15) is 0 Å². The van der Waals surface area contributed by atoms with Crippen LogP contribution in [-0.4, -0.2) is 46.8 Å². The molecule has 3 rings (SSSR count). The van der Waals surface area contributed by atoms with Crippen molar-refractivity contribution in [2.45, 2.75) is 64.8 Å². The van der Waals surface area contributed by atoms with Crippen LogP contribution in [0.15, 0.2) is 6.07 Å². The average molecular weight is 377 g/mol. The molecule has 0 saturated carbocycles. The van der Waals surface area contributed by atoms with E-state index in [0.717, 1.165) is 37.8 Å². The lowest BCUT2D eigenvalue weighted by Gasteiger charge is -2.31. The lowest BCUT2D eigenvalue weighted by molar-refractivity contribution is 0.514. The van der Waals surface area contributed by atoms with Gasteiger partial charge in [0.25, 0.3) is 0 Å². The van der Waals surface area contributed by atoms with Crippen LogP contribution in [0, 0.1) is 0 Å². The first-order chi connectivity index (χ1) is 12.4. The molecule has 0 spiro atoms. The summed E-state index contributed by atoms with van der Waals surface area (Å²) in [6.45, 7) is 10.5. The van der Waals surface area contributed by atoms with Gasteiger partial charge >= 0.3 is 0 Å². The molecular formula is C19H32N6S. The van der Waals surface area contributed by atoms with Crippen LogP contribution in [0.3, 0.4) is 0 Å². The Balaban J connectivity index is 1.82. The molecule has 2 aliphatic rings. The number of anilines is 3. The standard InChI is InChI=1S/C19H32N6S/c1-19(2,3)23-18(26)22-17-20-15(24-10-6-4-7-11-24)14-16(21-17)25-12-8-5-9-13-25/h14H,4-13H2,1-3H3,(H2,20,21,22,23,26). The van der Waals surface area contributed by atoms with Crippen molar-refractivity contribution < 1.29 is 0 Å². The summed E-state index contributed by atoms with van der Waals surface area (Å²) >= 11 is 5.45. The van der Waals surface area contributed by atoms with Crippen molar-refractivity contribution in [1.29, 1.82) is 0 Å². The Morgan fingerprint density at radius 3 is 1.77 bits per heavy atom. The fourth-order valence-electron chi connectivity index (χ4n) is 3.52. The summed E-state index contributed by atoms with van der Waals surface area (Å²) in [4.78, 5) is 14.3. The maximum Gasteiger partial charge on any atom is 0.232 e. The van der Waals surface area contributed by atoms with Gasteiger partial charge in [0, 0.05) is 37.8 Å². The Kier molecular flexibility index (Phi) is 6.16. The van der Waals surface area contributed by atoms with Crippen LogP contribution in [-0.2, 0) is 0 Å². The second kappa shape index (κ2) is 8.37. The summed E-state index contributed by atoms with van der Waals surface area (Å²) < 4.78 is 0. The van der Waals surface area contributed by atoms with Gasteiger partial charge in [0.1, 0.15) is 11.6 Å². The van der Waals surface area contributed by atoms with Crippen molar-refractivity contribution in [2.75, 3.05) is 41.3 Å². The van der Waals surface area contributed by atoms with Gasteiger partial charge in [0.05, 0.1) is 0 Å². The third-order valence-electron chi connectivity index (χ3n) is 4.77. The Morgan fingerprint density at radius 2 is 1.35 bits per heavy atom. The van der Waals surface area contributed by atoms with E-state index in [0.29, 0.717) is 11.1 Å². The summed E-state index contributed by atoms with van der Waals surface area (Å²) in [6, 6.07) is 2.15. The highest BCUT2D eigenvalue weighted by Gasteiger charge is 2.19. The predicted molar refractivity (Wildman–Crippen MR) is 113 cm³/mol. The van der Waals surface area contributed by atoms with E-state index in [1.807, 2.05) is 0 Å². The first-order valence-electron chi connectivity index (χ1n) is 9.89. The van der Waals surface area contributed by atoms with Crippen molar-refractivity contribution in [3.8, 4) is 0 Å². The van der Waals surface area contributed by atoms with Gasteiger partial charge in [-0.1, -0.05) is 0 Å². The number of thiocarbonyl (C=S) groups is 1. The van der Waals surface area contributed by atoms with E-state index in [1.165, 1.54) is 38.5 Å². The highest BCUT2D eigenvalue weighted by Crippen LogP contribution is 2.26. The van der Waals surface area contributed by atoms with Gasteiger partial charge in [-0.2, -0.15) is 9.97 Å². The van der Waals surface area contributed by atoms with Gasteiger partial charge in [-0.25, -0.2) is 0 Å². The molecule has 0 amide bonds. The third-order valence-corrected chi connectivity index (χ3v) is 4.98. The minimum Gasteiger partial charge on any atom is -0.358 e. The van der Waals surface area contributed by atoms with Gasteiger partial charge in [-0.15, -0.1) is 0 Å². The monoisotopic (exact) mass is 376 g/mol. The first kappa shape index (κ1) is 19.1. The van der Waals surface area contributed by atoms with Crippen LogP contribution in [0.2, 0.25) is 0 Å². The highest BCUT2D eigenvalue weighted by atomic mass is 32.1. The zero-order valence-electron chi connectivity index (χ0n) is 16.3. The molecule has 0 aliphatic carbocycles. The number of nitrogens with zero attached hydrogens (tertiary/aromatic N) is 4. The first-order valence-corrected chi connectivity index (χ1v) is 10.3. The SMILES string of the molecule is CC(C)(C)NC(=S)Nc1nc(N2CCCCC2)cc(N2CCCCC2)n1. The normalized spacial score (nSPS) is 18.6. The van der Waals surface area contributed by atoms with E-state index >= 15 is 0 Å². The smallest absolute Gasteiger partial charge is 0.232 e. The van der Waals surface area contributed by atoms with Crippen LogP contribution in [0.5, 0.6) is 0 Å². The number of hydrogen-bond acceptors (Lipinski definition) is 5. The number of rotatable bonds is 3. The molecule has 2 N–H and O–H groups in total. The molecule has 7 heteroatoms.